The van der Waals surface area contributed by atoms with Gasteiger partial charge in [0, 0.05) is 16.2 Å². The first-order valence-electron chi connectivity index (χ1n) is 13.1. The highest BCUT2D eigenvalue weighted by Crippen LogP contribution is 2.52. The summed E-state index contributed by atoms with van der Waals surface area (Å²) in [6, 6.07) is 38.3. The summed E-state index contributed by atoms with van der Waals surface area (Å²) < 4.78 is 21.8. The van der Waals surface area contributed by atoms with Gasteiger partial charge >= 0.3 is 0 Å². The van der Waals surface area contributed by atoms with Gasteiger partial charge in [0.05, 0.1) is 18.4 Å². The Bertz CT molecular complexity index is 1230. The van der Waals surface area contributed by atoms with E-state index in [0.717, 1.165) is 24.8 Å². The molecule has 0 aliphatic carbocycles. The Hall–Kier alpha value is -3.26. The van der Waals surface area contributed by atoms with Crippen molar-refractivity contribution in [3.05, 3.63) is 132 Å². The Kier molecular flexibility index (Phi) is 9.65. The molecule has 0 bridgehead atoms. The van der Waals surface area contributed by atoms with Crippen molar-refractivity contribution < 1.29 is 14.1 Å². The lowest BCUT2D eigenvalue weighted by molar-refractivity contribution is 0.0272. The van der Waals surface area contributed by atoms with Gasteiger partial charge in [-0.2, -0.15) is 0 Å². The van der Waals surface area contributed by atoms with Crippen LogP contribution in [0, 0.1) is 0 Å². The van der Waals surface area contributed by atoms with Crippen molar-refractivity contribution in [2.24, 2.45) is 0 Å². The molecule has 0 saturated heterocycles. The summed E-state index contributed by atoms with van der Waals surface area (Å²) in [5, 5.41) is 1.40. The molecule has 0 amide bonds. The first-order valence-corrected chi connectivity index (χ1v) is 14.9. The average molecular weight is 511 g/mol. The first kappa shape index (κ1) is 26.8. The summed E-state index contributed by atoms with van der Waals surface area (Å²) in [7, 11) is -3.37. The third kappa shape index (κ3) is 6.74. The van der Waals surface area contributed by atoms with Gasteiger partial charge in [0.25, 0.3) is 0 Å². The lowest BCUT2D eigenvalue weighted by Gasteiger charge is -2.31. The molecular formula is C33H35O3P. The van der Waals surface area contributed by atoms with Crippen molar-refractivity contribution in [2.75, 3.05) is 0 Å². The van der Waals surface area contributed by atoms with E-state index in [4.69, 9.17) is 4.74 Å². The second-order valence-electron chi connectivity index (χ2n) is 9.37. The zero-order chi connectivity index (χ0) is 25.9. The van der Waals surface area contributed by atoms with E-state index in [0.29, 0.717) is 29.2 Å². The highest BCUT2D eigenvalue weighted by molar-refractivity contribution is 7.80. The minimum Gasteiger partial charge on any atom is -0.374 e. The third-order valence-corrected chi connectivity index (χ3v) is 10.2. The van der Waals surface area contributed by atoms with Crippen molar-refractivity contribution in [3.63, 3.8) is 0 Å². The van der Waals surface area contributed by atoms with Crippen molar-refractivity contribution in [1.29, 1.82) is 0 Å². The second-order valence-corrected chi connectivity index (χ2v) is 12.3. The number of carbonyl (C=O) groups is 1. The average Bonchev–Trinajstić information content (AvgIpc) is 2.98. The van der Waals surface area contributed by atoms with Crippen LogP contribution in [0.5, 0.6) is 0 Å². The molecule has 0 heterocycles. The van der Waals surface area contributed by atoms with E-state index in [9.17, 15) is 4.79 Å². The van der Waals surface area contributed by atoms with Gasteiger partial charge in [-0.25, -0.2) is 0 Å². The molecular weight excluding hydrogens is 475 g/mol. The molecule has 0 saturated carbocycles. The highest BCUT2D eigenvalue weighted by Gasteiger charge is 2.42. The van der Waals surface area contributed by atoms with Gasteiger partial charge in [-0.3, -0.25) is 4.79 Å². The fourth-order valence-electron chi connectivity index (χ4n) is 4.76. The Balaban J connectivity index is 1.77. The van der Waals surface area contributed by atoms with E-state index in [-0.39, 0.29) is 11.9 Å². The second kappa shape index (κ2) is 13.3. The molecule has 0 aromatic heterocycles. The molecule has 37 heavy (non-hydrogen) atoms. The number of hydrogen-bond acceptors (Lipinski definition) is 3. The van der Waals surface area contributed by atoms with Crippen LogP contribution in [0.15, 0.2) is 121 Å². The van der Waals surface area contributed by atoms with E-state index >= 15 is 4.57 Å². The quantitative estimate of drug-likeness (QED) is 0.139. The summed E-state index contributed by atoms with van der Waals surface area (Å²) in [5.41, 5.74) is 0.929. The normalized spacial score (nSPS) is 13.1. The fraction of sp³-hybridized carbons (Fsp3) is 0.242. The van der Waals surface area contributed by atoms with Crippen LogP contribution in [0.1, 0.15) is 48.5 Å². The molecule has 0 unspecified atom stereocenters. The van der Waals surface area contributed by atoms with Crippen molar-refractivity contribution in [2.45, 2.75) is 51.0 Å². The summed E-state index contributed by atoms with van der Waals surface area (Å²) in [6.45, 7) is 2.61. The van der Waals surface area contributed by atoms with Crippen LogP contribution >= 0.6 is 7.14 Å². The maximum atomic E-state index is 15.3. The minimum atomic E-state index is -3.37. The number of rotatable bonds is 13. The molecule has 0 radical (unpaired) electrons. The number of Topliss-reactive ketones (excluding diaryl/α,β-unsaturated/α-hetero) is 1. The molecule has 0 spiro atoms. The fourth-order valence-corrected chi connectivity index (χ4v) is 8.02. The zero-order valence-electron chi connectivity index (χ0n) is 21.4. The number of ether oxygens (including phenoxy) is 1. The molecule has 4 aromatic carbocycles. The Labute approximate surface area is 220 Å². The smallest absolute Gasteiger partial charge is 0.173 e. The molecule has 4 heteroatoms. The van der Waals surface area contributed by atoms with Crippen molar-refractivity contribution >= 4 is 23.5 Å². The SMILES string of the molecule is CCCC[C@@H](C[C@H](C(=O)c1ccccc1)P(=O)(c1ccccc1)c1ccccc1)OCc1ccccc1. The topological polar surface area (TPSA) is 43.4 Å². The number of ketones is 1. The maximum Gasteiger partial charge on any atom is 0.173 e. The minimum absolute atomic E-state index is 0.0959. The Morgan fingerprint density at radius 3 is 1.73 bits per heavy atom. The summed E-state index contributed by atoms with van der Waals surface area (Å²) in [4.78, 5) is 14.2. The van der Waals surface area contributed by atoms with Crippen LogP contribution in [0.4, 0.5) is 0 Å². The summed E-state index contributed by atoms with van der Waals surface area (Å²) in [5.74, 6) is -0.0959. The van der Waals surface area contributed by atoms with E-state index in [1.807, 2.05) is 121 Å². The molecule has 4 aromatic rings. The molecule has 2 atom stereocenters. The molecule has 0 N–H and O–H groups in total. The predicted octanol–water partition coefficient (Wildman–Crippen LogP) is 7.42. The van der Waals surface area contributed by atoms with Crippen LogP contribution in [-0.4, -0.2) is 17.5 Å². The van der Waals surface area contributed by atoms with E-state index in [2.05, 4.69) is 6.92 Å². The molecule has 190 valence electrons. The van der Waals surface area contributed by atoms with Gasteiger partial charge in [-0.05, 0) is 18.4 Å². The monoisotopic (exact) mass is 510 g/mol. The number of unbranched alkanes of at least 4 members (excludes halogenated alkanes) is 1. The predicted molar refractivity (Wildman–Crippen MR) is 153 cm³/mol. The van der Waals surface area contributed by atoms with Gasteiger partial charge in [-0.15, -0.1) is 0 Å². The highest BCUT2D eigenvalue weighted by atomic mass is 31.2. The summed E-state index contributed by atoms with van der Waals surface area (Å²) >= 11 is 0. The number of benzene rings is 4. The first-order chi connectivity index (χ1) is 18.1. The van der Waals surface area contributed by atoms with E-state index < -0.39 is 12.8 Å². The van der Waals surface area contributed by atoms with Gasteiger partial charge in [0.15, 0.2) is 12.9 Å². The van der Waals surface area contributed by atoms with Crippen molar-refractivity contribution in [3.8, 4) is 0 Å². The van der Waals surface area contributed by atoms with Gasteiger partial charge in [-0.1, -0.05) is 141 Å². The van der Waals surface area contributed by atoms with Gasteiger partial charge < -0.3 is 9.30 Å². The van der Waals surface area contributed by atoms with Crippen LogP contribution in [-0.2, 0) is 15.9 Å². The van der Waals surface area contributed by atoms with Crippen LogP contribution in [0.2, 0.25) is 0 Å². The Morgan fingerprint density at radius 2 is 1.22 bits per heavy atom. The third-order valence-electron chi connectivity index (χ3n) is 6.77. The van der Waals surface area contributed by atoms with Gasteiger partial charge in [0.1, 0.15) is 0 Å². The van der Waals surface area contributed by atoms with E-state index in [1.165, 1.54) is 0 Å². The maximum absolute atomic E-state index is 15.3. The van der Waals surface area contributed by atoms with Crippen LogP contribution < -0.4 is 10.6 Å². The van der Waals surface area contributed by atoms with E-state index in [1.54, 1.807) is 0 Å². The lowest BCUT2D eigenvalue weighted by atomic mass is 10.0. The van der Waals surface area contributed by atoms with Gasteiger partial charge in [0.2, 0.25) is 0 Å². The summed E-state index contributed by atoms with van der Waals surface area (Å²) in [6.07, 6.45) is 3.01. The lowest BCUT2D eigenvalue weighted by Crippen LogP contribution is -2.35. The standard InChI is InChI=1S/C33H35O3P/c1-2-3-20-29(36-26-27-16-8-4-9-17-27)25-32(33(34)28-18-10-5-11-19-28)37(35,30-21-12-6-13-22-30)31-23-14-7-15-24-31/h4-19,21-24,29,32H,2-3,20,25-26H2,1H3/t29-,32+/m0/s1. The Morgan fingerprint density at radius 1 is 0.730 bits per heavy atom. The molecule has 0 aliphatic heterocycles. The number of carbonyl (C=O) groups excluding carboxylic acids is 1. The van der Waals surface area contributed by atoms with Crippen molar-refractivity contribution in [1.82, 2.24) is 0 Å². The van der Waals surface area contributed by atoms with Crippen LogP contribution in [0.3, 0.4) is 0 Å². The molecule has 0 aliphatic rings. The molecule has 0 fully saturated rings. The molecule has 3 nitrogen and oxygen atoms in total. The largest absolute Gasteiger partial charge is 0.374 e. The molecule has 4 rings (SSSR count). The van der Waals surface area contributed by atoms with Crippen LogP contribution in [0.25, 0.3) is 0 Å². The zero-order valence-corrected chi connectivity index (χ0v) is 22.3. The number of hydrogen-bond donors (Lipinski definition) is 0.